The Morgan fingerprint density at radius 1 is 0.960 bits per heavy atom. The number of aromatic nitrogens is 2. The highest BCUT2D eigenvalue weighted by molar-refractivity contribution is 7.19. The Kier molecular flexibility index (Phi) is 4.76. The Bertz CT molecular complexity index is 759. The number of hydrogen-bond donors (Lipinski definition) is 0. The number of nitrogens with zero attached hydrogens (tertiary/aromatic N) is 3. The van der Waals surface area contributed by atoms with Gasteiger partial charge in [0.15, 0.2) is 17.5 Å². The van der Waals surface area contributed by atoms with Gasteiger partial charge in [-0.3, -0.25) is 0 Å². The molecule has 0 saturated carbocycles. The van der Waals surface area contributed by atoms with Crippen LogP contribution >= 0.6 is 11.3 Å². The lowest BCUT2D eigenvalue weighted by atomic mass is 10.1. The maximum absolute atomic E-state index is 5.05. The van der Waals surface area contributed by atoms with Crippen LogP contribution in [-0.4, -0.2) is 43.1 Å². The Labute approximate surface area is 152 Å². The average Bonchev–Trinajstić information content (AvgIpc) is 3.00. The molecule has 1 fully saturated rings. The summed E-state index contributed by atoms with van der Waals surface area (Å²) in [5.74, 6) is 0. The quantitative estimate of drug-likeness (QED) is 0.725. The van der Waals surface area contributed by atoms with Crippen LogP contribution in [0.15, 0.2) is 54.9 Å². The Morgan fingerprint density at radius 3 is 2.60 bits per heavy atom. The molecule has 1 aliphatic heterocycles. The second kappa shape index (κ2) is 7.33. The standard InChI is InChI=1S/C20H22N4S/c1-23-11-6-12-24(14-13-23)20-22-18(17-9-5-10-21-15-17)19(25-20)16-7-3-2-4-8-16/h2-5,7-10,15H,6,11-14H2,1H3/p+1. The van der Waals surface area contributed by atoms with Crippen molar-refractivity contribution < 1.29 is 4.98 Å². The maximum atomic E-state index is 5.05. The molecule has 0 spiro atoms. The maximum Gasteiger partial charge on any atom is 0.186 e. The zero-order valence-corrected chi connectivity index (χ0v) is 15.3. The minimum Gasteiger partial charge on any atom is -0.347 e. The molecule has 2 aromatic heterocycles. The van der Waals surface area contributed by atoms with Crippen LogP contribution in [-0.2, 0) is 0 Å². The van der Waals surface area contributed by atoms with Gasteiger partial charge in [-0.15, -0.1) is 0 Å². The van der Waals surface area contributed by atoms with Crippen molar-refractivity contribution in [1.29, 1.82) is 0 Å². The summed E-state index contributed by atoms with van der Waals surface area (Å²) in [6, 6.07) is 14.7. The van der Waals surface area contributed by atoms with Crippen molar-refractivity contribution in [2.45, 2.75) is 6.42 Å². The largest absolute Gasteiger partial charge is 0.347 e. The van der Waals surface area contributed by atoms with Crippen LogP contribution in [0.5, 0.6) is 0 Å². The highest BCUT2D eigenvalue weighted by atomic mass is 32.1. The lowest BCUT2D eigenvalue weighted by molar-refractivity contribution is -0.377. The third kappa shape index (κ3) is 3.57. The third-order valence-electron chi connectivity index (χ3n) is 4.62. The smallest absolute Gasteiger partial charge is 0.186 e. The van der Waals surface area contributed by atoms with E-state index in [1.54, 1.807) is 11.3 Å². The summed E-state index contributed by atoms with van der Waals surface area (Å²) in [5, 5.41) is 1.13. The third-order valence-corrected chi connectivity index (χ3v) is 5.79. The van der Waals surface area contributed by atoms with E-state index in [4.69, 9.17) is 4.98 Å². The van der Waals surface area contributed by atoms with E-state index in [1.807, 2.05) is 18.5 Å². The number of hydrogen-bond acceptors (Lipinski definition) is 4. The lowest BCUT2D eigenvalue weighted by Crippen LogP contribution is -2.28. The highest BCUT2D eigenvalue weighted by Gasteiger charge is 2.21. The summed E-state index contributed by atoms with van der Waals surface area (Å²) < 4.78 is 0. The van der Waals surface area contributed by atoms with Crippen molar-refractivity contribution in [3.63, 3.8) is 0 Å². The molecule has 128 valence electrons. The summed E-state index contributed by atoms with van der Waals surface area (Å²) in [5.41, 5.74) is 3.44. The van der Waals surface area contributed by atoms with Gasteiger partial charge < -0.3 is 9.80 Å². The fourth-order valence-corrected chi connectivity index (χ4v) is 4.35. The van der Waals surface area contributed by atoms with Crippen LogP contribution < -0.4 is 9.88 Å². The first-order valence-corrected chi connectivity index (χ1v) is 9.59. The van der Waals surface area contributed by atoms with E-state index in [0.717, 1.165) is 42.6 Å². The summed E-state index contributed by atoms with van der Waals surface area (Å²) in [4.78, 5) is 14.3. The number of rotatable bonds is 3. The second-order valence-electron chi connectivity index (χ2n) is 6.48. The summed E-state index contributed by atoms with van der Waals surface area (Å²) in [7, 11) is 2.20. The fraction of sp³-hybridized carbons (Fsp3) is 0.300. The minimum absolute atomic E-state index is 1.04. The molecule has 1 saturated heterocycles. The number of nitrogens with one attached hydrogen (secondary N) is 1. The van der Waals surface area contributed by atoms with E-state index in [-0.39, 0.29) is 0 Å². The van der Waals surface area contributed by atoms with E-state index in [2.05, 4.69) is 58.2 Å². The van der Waals surface area contributed by atoms with Crippen LogP contribution in [0.25, 0.3) is 21.7 Å². The van der Waals surface area contributed by atoms with Crippen LogP contribution in [0.2, 0.25) is 0 Å². The van der Waals surface area contributed by atoms with Gasteiger partial charge in [-0.1, -0.05) is 41.7 Å². The molecule has 0 aliphatic carbocycles. The Morgan fingerprint density at radius 2 is 1.80 bits per heavy atom. The number of thiazole rings is 1. The Balaban J connectivity index is 1.76. The van der Waals surface area contributed by atoms with Gasteiger partial charge in [-0.05, 0) is 31.6 Å². The monoisotopic (exact) mass is 351 g/mol. The number of benzene rings is 1. The van der Waals surface area contributed by atoms with Gasteiger partial charge in [0.1, 0.15) is 0 Å². The summed E-state index contributed by atoms with van der Waals surface area (Å²) in [6.07, 6.45) is 5.15. The molecule has 3 heterocycles. The predicted octanol–water partition coefficient (Wildman–Crippen LogP) is 3.43. The molecule has 1 aliphatic rings. The number of H-pyrrole nitrogens is 1. The van der Waals surface area contributed by atoms with E-state index in [0.29, 0.717) is 0 Å². The van der Waals surface area contributed by atoms with Gasteiger partial charge in [0.25, 0.3) is 0 Å². The van der Waals surface area contributed by atoms with E-state index < -0.39 is 0 Å². The predicted molar refractivity (Wildman–Crippen MR) is 104 cm³/mol. The molecular formula is C20H23N4S+. The van der Waals surface area contributed by atoms with Crippen molar-refractivity contribution in [1.82, 2.24) is 9.88 Å². The van der Waals surface area contributed by atoms with Crippen LogP contribution in [0.3, 0.4) is 0 Å². The zero-order chi connectivity index (χ0) is 17.1. The molecule has 0 radical (unpaired) electrons. The molecule has 0 amide bonds. The first-order chi connectivity index (χ1) is 12.3. The topological polar surface area (TPSA) is 33.5 Å². The zero-order valence-electron chi connectivity index (χ0n) is 14.5. The molecule has 5 heteroatoms. The van der Waals surface area contributed by atoms with Gasteiger partial charge in [-0.25, -0.2) is 9.97 Å². The molecule has 1 N–H and O–H groups in total. The van der Waals surface area contributed by atoms with Crippen molar-refractivity contribution in [3.05, 3.63) is 54.9 Å². The summed E-state index contributed by atoms with van der Waals surface area (Å²) >= 11 is 1.81. The van der Waals surface area contributed by atoms with Crippen molar-refractivity contribution in [3.8, 4) is 21.7 Å². The molecule has 4 rings (SSSR count). The molecule has 4 nitrogen and oxygen atoms in total. The molecule has 0 atom stereocenters. The lowest BCUT2D eigenvalue weighted by Gasteiger charge is -2.19. The molecule has 0 bridgehead atoms. The molecule has 1 aromatic carbocycles. The van der Waals surface area contributed by atoms with Gasteiger partial charge in [0, 0.05) is 25.7 Å². The molecule has 0 unspecified atom stereocenters. The number of aromatic amines is 1. The van der Waals surface area contributed by atoms with Crippen molar-refractivity contribution in [2.24, 2.45) is 0 Å². The van der Waals surface area contributed by atoms with E-state index >= 15 is 0 Å². The first-order valence-electron chi connectivity index (χ1n) is 8.77. The van der Waals surface area contributed by atoms with E-state index in [1.165, 1.54) is 16.9 Å². The number of likely N-dealkylation sites (N-methyl/N-ethyl adjacent to an activating group) is 1. The van der Waals surface area contributed by atoms with Gasteiger partial charge in [0.2, 0.25) is 0 Å². The molecule has 3 aromatic rings. The van der Waals surface area contributed by atoms with Gasteiger partial charge >= 0.3 is 0 Å². The fourth-order valence-electron chi connectivity index (χ4n) is 3.20. The second-order valence-corrected chi connectivity index (χ2v) is 7.45. The van der Waals surface area contributed by atoms with E-state index in [9.17, 15) is 0 Å². The summed E-state index contributed by atoms with van der Waals surface area (Å²) in [6.45, 7) is 4.37. The normalized spacial score (nSPS) is 16.0. The number of pyridine rings is 1. The number of anilines is 1. The van der Waals surface area contributed by atoms with Crippen LogP contribution in [0, 0.1) is 0 Å². The average molecular weight is 351 g/mol. The SMILES string of the molecule is CN1CCCN(c2nc(-c3ccc[nH+]c3)c(-c3ccccc3)s2)CC1. The molecular weight excluding hydrogens is 328 g/mol. The van der Waals surface area contributed by atoms with Crippen LogP contribution in [0.1, 0.15) is 6.42 Å². The van der Waals surface area contributed by atoms with Crippen molar-refractivity contribution in [2.75, 3.05) is 38.1 Å². The van der Waals surface area contributed by atoms with Crippen LogP contribution in [0.4, 0.5) is 5.13 Å². The Hall–Kier alpha value is -2.24. The van der Waals surface area contributed by atoms with Gasteiger partial charge in [0.05, 0.1) is 16.1 Å². The minimum atomic E-state index is 1.04. The van der Waals surface area contributed by atoms with Crippen molar-refractivity contribution >= 4 is 16.5 Å². The molecule has 25 heavy (non-hydrogen) atoms. The van der Waals surface area contributed by atoms with Gasteiger partial charge in [-0.2, -0.15) is 0 Å². The first kappa shape index (κ1) is 16.2. The highest BCUT2D eigenvalue weighted by Crippen LogP contribution is 2.40.